The van der Waals surface area contributed by atoms with Crippen LogP contribution in [0.3, 0.4) is 0 Å². The van der Waals surface area contributed by atoms with Gasteiger partial charge in [-0.1, -0.05) is 30.3 Å². The van der Waals surface area contributed by atoms with Gasteiger partial charge in [-0.2, -0.15) is 0 Å². The number of aromatic nitrogens is 1. The summed E-state index contributed by atoms with van der Waals surface area (Å²) in [7, 11) is 0. The molecule has 138 valence electrons. The number of hydrogen-bond donors (Lipinski definition) is 2. The van der Waals surface area contributed by atoms with Gasteiger partial charge in [0.1, 0.15) is 0 Å². The minimum atomic E-state index is -0.277. The number of carbonyl (C=O) groups excluding carboxylic acids is 1. The van der Waals surface area contributed by atoms with Crippen molar-refractivity contribution in [2.24, 2.45) is 0 Å². The second-order valence-corrected chi connectivity index (χ2v) is 7.60. The van der Waals surface area contributed by atoms with Crippen LogP contribution in [0.1, 0.15) is 30.0 Å². The van der Waals surface area contributed by atoms with Gasteiger partial charge in [0.15, 0.2) is 0 Å². The van der Waals surface area contributed by atoms with Crippen LogP contribution in [-0.4, -0.2) is 46.6 Å². The van der Waals surface area contributed by atoms with Crippen LogP contribution in [0.25, 0.3) is 0 Å². The zero-order valence-corrected chi connectivity index (χ0v) is 16.2. The highest BCUT2D eigenvalue weighted by molar-refractivity contribution is 9.10. The number of benzene rings is 1. The van der Waals surface area contributed by atoms with Crippen LogP contribution >= 0.6 is 15.9 Å². The Kier molecular flexibility index (Phi) is 6.77. The molecule has 1 amide bonds. The number of amides is 1. The molecule has 2 atom stereocenters. The summed E-state index contributed by atoms with van der Waals surface area (Å²) < 4.78 is 0.923. The first kappa shape index (κ1) is 19.0. The van der Waals surface area contributed by atoms with E-state index in [0.717, 1.165) is 28.6 Å². The van der Waals surface area contributed by atoms with E-state index in [2.05, 4.69) is 43.3 Å². The third kappa shape index (κ3) is 5.37. The van der Waals surface area contributed by atoms with Gasteiger partial charge in [0.05, 0.1) is 12.1 Å². The standard InChI is InChI=1S/C20H24BrN3O2/c21-17-10-15(11-22-12-17)6-7-20(26)23-13-19(16-4-2-1-3-5-16)24-9-8-18(25)14-24/h1-5,10-12,18-19,25H,6-9,13-14H2,(H,23,26). The monoisotopic (exact) mass is 417 g/mol. The van der Waals surface area contributed by atoms with Crippen LogP contribution in [0, 0.1) is 0 Å². The fourth-order valence-electron chi connectivity index (χ4n) is 3.33. The molecule has 0 spiro atoms. The van der Waals surface area contributed by atoms with E-state index in [1.165, 1.54) is 0 Å². The largest absolute Gasteiger partial charge is 0.392 e. The lowest BCUT2D eigenvalue weighted by atomic mass is 10.1. The summed E-state index contributed by atoms with van der Waals surface area (Å²) in [4.78, 5) is 18.7. The summed E-state index contributed by atoms with van der Waals surface area (Å²) in [5, 5.41) is 12.9. The Morgan fingerprint density at radius 1 is 1.35 bits per heavy atom. The molecule has 0 radical (unpaired) electrons. The maximum atomic E-state index is 12.3. The predicted molar refractivity (Wildman–Crippen MR) is 105 cm³/mol. The summed E-state index contributed by atoms with van der Waals surface area (Å²) in [6, 6.07) is 12.2. The average molecular weight is 418 g/mol. The van der Waals surface area contributed by atoms with Crippen molar-refractivity contribution in [3.05, 3.63) is 64.4 Å². The number of carbonyl (C=O) groups is 1. The maximum Gasteiger partial charge on any atom is 0.220 e. The molecule has 2 unspecified atom stereocenters. The number of aryl methyl sites for hydroxylation is 1. The molecule has 5 nitrogen and oxygen atoms in total. The minimum absolute atomic E-state index is 0.0330. The molecule has 26 heavy (non-hydrogen) atoms. The Hall–Kier alpha value is -1.76. The molecule has 2 N–H and O–H groups in total. The van der Waals surface area contributed by atoms with E-state index in [1.54, 1.807) is 12.4 Å². The van der Waals surface area contributed by atoms with Gasteiger partial charge in [-0.15, -0.1) is 0 Å². The normalized spacial score (nSPS) is 18.6. The van der Waals surface area contributed by atoms with Gasteiger partial charge in [-0.25, -0.2) is 0 Å². The molecule has 2 heterocycles. The van der Waals surface area contributed by atoms with Crippen LogP contribution < -0.4 is 5.32 Å². The summed E-state index contributed by atoms with van der Waals surface area (Å²) in [6.07, 6.45) is 5.13. The van der Waals surface area contributed by atoms with Gasteiger partial charge >= 0.3 is 0 Å². The Labute approximate surface area is 162 Å². The third-order valence-electron chi connectivity index (χ3n) is 4.71. The molecule has 1 saturated heterocycles. The number of nitrogens with zero attached hydrogens (tertiary/aromatic N) is 2. The van der Waals surface area contributed by atoms with Crippen LogP contribution in [-0.2, 0) is 11.2 Å². The van der Waals surface area contributed by atoms with Crippen molar-refractivity contribution in [2.75, 3.05) is 19.6 Å². The third-order valence-corrected chi connectivity index (χ3v) is 5.15. The molecular weight excluding hydrogens is 394 g/mol. The molecule has 1 aromatic carbocycles. The van der Waals surface area contributed by atoms with Crippen molar-refractivity contribution in [1.82, 2.24) is 15.2 Å². The van der Waals surface area contributed by atoms with E-state index >= 15 is 0 Å². The molecule has 1 fully saturated rings. The van der Waals surface area contributed by atoms with Crippen LogP contribution in [0.15, 0.2) is 53.3 Å². The highest BCUT2D eigenvalue weighted by Crippen LogP contribution is 2.24. The van der Waals surface area contributed by atoms with Gasteiger partial charge in [-0.05, 0) is 46.0 Å². The van der Waals surface area contributed by atoms with Crippen molar-refractivity contribution in [2.45, 2.75) is 31.4 Å². The second-order valence-electron chi connectivity index (χ2n) is 6.68. The quantitative estimate of drug-likeness (QED) is 0.726. The zero-order valence-electron chi connectivity index (χ0n) is 14.6. The smallest absolute Gasteiger partial charge is 0.220 e. The first-order valence-corrected chi connectivity index (χ1v) is 9.74. The fourth-order valence-corrected chi connectivity index (χ4v) is 3.75. The fraction of sp³-hybridized carbons (Fsp3) is 0.400. The van der Waals surface area contributed by atoms with Crippen LogP contribution in [0.2, 0.25) is 0 Å². The number of aliphatic hydroxyl groups excluding tert-OH is 1. The first-order valence-electron chi connectivity index (χ1n) is 8.95. The molecule has 1 aromatic heterocycles. The van der Waals surface area contributed by atoms with Gasteiger partial charge in [0.25, 0.3) is 0 Å². The number of likely N-dealkylation sites (tertiary alicyclic amines) is 1. The Bertz CT molecular complexity index is 726. The predicted octanol–water partition coefficient (Wildman–Crippen LogP) is 2.70. The van der Waals surface area contributed by atoms with Crippen molar-refractivity contribution in [1.29, 1.82) is 0 Å². The van der Waals surface area contributed by atoms with Crippen LogP contribution in [0.4, 0.5) is 0 Å². The van der Waals surface area contributed by atoms with Crippen LogP contribution in [0.5, 0.6) is 0 Å². The Balaban J connectivity index is 1.56. The molecule has 6 heteroatoms. The van der Waals surface area contributed by atoms with E-state index in [1.807, 2.05) is 24.3 Å². The second kappa shape index (κ2) is 9.26. The number of hydrogen-bond acceptors (Lipinski definition) is 4. The molecule has 1 aliphatic rings. The molecule has 0 saturated carbocycles. The summed E-state index contributed by atoms with van der Waals surface area (Å²) >= 11 is 3.40. The van der Waals surface area contributed by atoms with Crippen molar-refractivity contribution >= 4 is 21.8 Å². The van der Waals surface area contributed by atoms with Gasteiger partial charge < -0.3 is 10.4 Å². The number of nitrogens with one attached hydrogen (secondary N) is 1. The molecule has 2 aromatic rings. The highest BCUT2D eigenvalue weighted by atomic mass is 79.9. The van der Waals surface area contributed by atoms with Crippen molar-refractivity contribution < 1.29 is 9.90 Å². The Morgan fingerprint density at radius 3 is 2.85 bits per heavy atom. The first-order chi connectivity index (χ1) is 12.6. The molecular formula is C20H24BrN3O2. The molecule has 3 rings (SSSR count). The van der Waals surface area contributed by atoms with E-state index in [-0.39, 0.29) is 18.1 Å². The Morgan fingerprint density at radius 2 is 2.15 bits per heavy atom. The van der Waals surface area contributed by atoms with E-state index in [0.29, 0.717) is 25.9 Å². The van der Waals surface area contributed by atoms with Gasteiger partial charge in [-0.3, -0.25) is 14.7 Å². The number of halogens is 1. The lowest BCUT2D eigenvalue weighted by Crippen LogP contribution is -2.37. The van der Waals surface area contributed by atoms with Crippen molar-refractivity contribution in [3.8, 4) is 0 Å². The number of rotatable bonds is 7. The SMILES string of the molecule is O=C(CCc1cncc(Br)c1)NCC(c1ccccc1)N1CCC(O)C1. The molecule has 0 aliphatic carbocycles. The topological polar surface area (TPSA) is 65.5 Å². The minimum Gasteiger partial charge on any atom is -0.392 e. The average Bonchev–Trinajstić information content (AvgIpc) is 3.07. The number of β-amino-alcohol motifs (C(OH)–C–C–N with tert-alkyl or cyclic N) is 1. The van der Waals surface area contributed by atoms with Gasteiger partial charge in [0.2, 0.25) is 5.91 Å². The molecule has 1 aliphatic heterocycles. The molecule has 0 bridgehead atoms. The number of pyridine rings is 1. The lowest BCUT2D eigenvalue weighted by molar-refractivity contribution is -0.121. The number of aliphatic hydroxyl groups is 1. The summed E-state index contributed by atoms with van der Waals surface area (Å²) in [5.41, 5.74) is 2.20. The van der Waals surface area contributed by atoms with E-state index in [4.69, 9.17) is 0 Å². The zero-order chi connectivity index (χ0) is 18.4. The summed E-state index contributed by atoms with van der Waals surface area (Å²) in [5.74, 6) is 0.0330. The summed E-state index contributed by atoms with van der Waals surface area (Å²) in [6.45, 7) is 2.05. The van der Waals surface area contributed by atoms with Gasteiger partial charge in [0, 0.05) is 42.9 Å². The van der Waals surface area contributed by atoms with E-state index < -0.39 is 0 Å². The maximum absolute atomic E-state index is 12.3. The highest BCUT2D eigenvalue weighted by Gasteiger charge is 2.28. The lowest BCUT2D eigenvalue weighted by Gasteiger charge is -2.28. The van der Waals surface area contributed by atoms with Crippen molar-refractivity contribution in [3.63, 3.8) is 0 Å². The van der Waals surface area contributed by atoms with E-state index in [9.17, 15) is 9.90 Å².